The smallest absolute Gasteiger partial charge is 0.304 e. The zero-order valence-corrected chi connectivity index (χ0v) is 10.5. The highest BCUT2D eigenvalue weighted by Gasteiger charge is 2.05. The number of aliphatic carboxylic acids is 1. The van der Waals surface area contributed by atoms with Gasteiger partial charge in [-0.05, 0) is 13.0 Å². The van der Waals surface area contributed by atoms with Gasteiger partial charge < -0.3 is 5.11 Å². The molecule has 3 nitrogen and oxygen atoms in total. The van der Waals surface area contributed by atoms with Crippen LogP contribution in [0.4, 0.5) is 0 Å². The maximum atomic E-state index is 10.5. The summed E-state index contributed by atoms with van der Waals surface area (Å²) in [7, 11) is 0. The predicted molar refractivity (Wildman–Crippen MR) is 67.6 cm³/mol. The summed E-state index contributed by atoms with van der Waals surface area (Å²) in [6.07, 6.45) is 8.32. The van der Waals surface area contributed by atoms with Gasteiger partial charge >= 0.3 is 5.97 Å². The lowest BCUT2D eigenvalue weighted by atomic mass is 10.1. The van der Waals surface area contributed by atoms with Gasteiger partial charge in [-0.1, -0.05) is 38.7 Å². The van der Waals surface area contributed by atoms with Crippen LogP contribution in [0.1, 0.15) is 45.4 Å². The Morgan fingerprint density at radius 3 is 2.50 bits per heavy atom. The quantitative estimate of drug-likeness (QED) is 0.436. The molecule has 0 atom stereocenters. The number of nitrogens with zero attached hydrogens (tertiary/aromatic N) is 1. The van der Waals surface area contributed by atoms with E-state index in [1.54, 1.807) is 0 Å². The van der Waals surface area contributed by atoms with Crippen molar-refractivity contribution in [2.45, 2.75) is 45.4 Å². The lowest BCUT2D eigenvalue weighted by Crippen LogP contribution is -2.27. The molecule has 0 aromatic carbocycles. The third-order valence-electron chi connectivity index (χ3n) is 2.61. The average molecular weight is 227 g/mol. The predicted octanol–water partition coefficient (Wildman–Crippen LogP) is 2.92. The fraction of sp³-hybridized carbons (Fsp3) is 0.769. The van der Waals surface area contributed by atoms with Crippen LogP contribution in [-0.4, -0.2) is 35.6 Å². The van der Waals surface area contributed by atoms with Gasteiger partial charge in [0.2, 0.25) is 0 Å². The molecule has 0 aromatic heterocycles. The van der Waals surface area contributed by atoms with Crippen LogP contribution < -0.4 is 0 Å². The molecule has 0 saturated heterocycles. The van der Waals surface area contributed by atoms with Crippen LogP contribution >= 0.6 is 0 Å². The summed E-state index contributed by atoms with van der Waals surface area (Å²) >= 11 is 0. The van der Waals surface area contributed by atoms with Gasteiger partial charge in [-0.15, -0.1) is 6.58 Å². The number of carbonyl (C=O) groups is 1. The third kappa shape index (κ3) is 9.71. The van der Waals surface area contributed by atoms with Gasteiger partial charge in [0, 0.05) is 13.1 Å². The molecule has 0 aromatic rings. The molecule has 3 heteroatoms. The summed E-state index contributed by atoms with van der Waals surface area (Å²) in [6.45, 7) is 8.32. The van der Waals surface area contributed by atoms with Crippen molar-refractivity contribution in [3.63, 3.8) is 0 Å². The maximum Gasteiger partial charge on any atom is 0.304 e. The van der Waals surface area contributed by atoms with E-state index in [0.29, 0.717) is 6.54 Å². The number of hydrogen-bond donors (Lipinski definition) is 1. The average Bonchev–Trinajstić information content (AvgIpc) is 2.25. The van der Waals surface area contributed by atoms with Gasteiger partial charge in [-0.3, -0.25) is 9.69 Å². The normalized spacial score (nSPS) is 10.6. The standard InChI is InChI=1S/C13H25NO2/c1-3-5-6-7-8-11-14(10-4-2)12-9-13(15)16/h4H,2-3,5-12H2,1H3,(H,15,16). The first-order valence-corrected chi connectivity index (χ1v) is 6.25. The first-order valence-electron chi connectivity index (χ1n) is 6.25. The van der Waals surface area contributed by atoms with Gasteiger partial charge in [0.05, 0.1) is 6.42 Å². The Kier molecular flexibility index (Phi) is 10.1. The number of rotatable bonds is 11. The first-order chi connectivity index (χ1) is 7.70. The van der Waals surface area contributed by atoms with Gasteiger partial charge in [0.25, 0.3) is 0 Å². The minimum absolute atomic E-state index is 0.225. The van der Waals surface area contributed by atoms with Crippen LogP contribution in [0.15, 0.2) is 12.7 Å². The van der Waals surface area contributed by atoms with Crippen molar-refractivity contribution in [2.75, 3.05) is 19.6 Å². The minimum Gasteiger partial charge on any atom is -0.481 e. The molecule has 0 fully saturated rings. The van der Waals surface area contributed by atoms with E-state index in [9.17, 15) is 4.79 Å². The minimum atomic E-state index is -0.722. The first kappa shape index (κ1) is 15.2. The Bertz CT molecular complexity index is 192. The lowest BCUT2D eigenvalue weighted by molar-refractivity contribution is -0.137. The van der Waals surface area contributed by atoms with E-state index >= 15 is 0 Å². The summed E-state index contributed by atoms with van der Waals surface area (Å²) in [5.41, 5.74) is 0. The van der Waals surface area contributed by atoms with Crippen LogP contribution in [0.2, 0.25) is 0 Å². The second-order valence-electron chi connectivity index (χ2n) is 4.15. The molecule has 0 bridgehead atoms. The van der Waals surface area contributed by atoms with Crippen molar-refractivity contribution < 1.29 is 9.90 Å². The van der Waals surface area contributed by atoms with Gasteiger partial charge in [0.15, 0.2) is 0 Å². The molecule has 0 aliphatic rings. The highest BCUT2D eigenvalue weighted by atomic mass is 16.4. The van der Waals surface area contributed by atoms with Crippen molar-refractivity contribution in [1.29, 1.82) is 0 Å². The molecule has 0 spiro atoms. The Balaban J connectivity index is 3.58. The van der Waals surface area contributed by atoms with Crippen LogP contribution in [0.5, 0.6) is 0 Å². The summed E-state index contributed by atoms with van der Waals surface area (Å²) in [6, 6.07) is 0. The van der Waals surface area contributed by atoms with Gasteiger partial charge in [-0.25, -0.2) is 0 Å². The fourth-order valence-corrected chi connectivity index (χ4v) is 1.67. The molecule has 16 heavy (non-hydrogen) atoms. The van der Waals surface area contributed by atoms with E-state index in [4.69, 9.17) is 5.11 Å². The van der Waals surface area contributed by atoms with E-state index in [2.05, 4.69) is 18.4 Å². The van der Waals surface area contributed by atoms with Crippen molar-refractivity contribution >= 4 is 5.97 Å². The summed E-state index contributed by atoms with van der Waals surface area (Å²) in [5.74, 6) is -0.722. The van der Waals surface area contributed by atoms with Crippen LogP contribution in [-0.2, 0) is 4.79 Å². The van der Waals surface area contributed by atoms with E-state index < -0.39 is 5.97 Å². The number of hydrogen-bond acceptors (Lipinski definition) is 2. The Morgan fingerprint density at radius 2 is 1.94 bits per heavy atom. The molecule has 0 heterocycles. The third-order valence-corrected chi connectivity index (χ3v) is 2.61. The van der Waals surface area contributed by atoms with Crippen molar-refractivity contribution in [3.05, 3.63) is 12.7 Å². The zero-order chi connectivity index (χ0) is 12.2. The molecule has 1 N–H and O–H groups in total. The molecular weight excluding hydrogens is 202 g/mol. The lowest BCUT2D eigenvalue weighted by Gasteiger charge is -2.19. The van der Waals surface area contributed by atoms with Crippen LogP contribution in [0.25, 0.3) is 0 Å². The highest BCUT2D eigenvalue weighted by Crippen LogP contribution is 2.04. The number of carboxylic acid groups (broad SMARTS) is 1. The largest absolute Gasteiger partial charge is 0.481 e. The molecule has 0 amide bonds. The maximum absolute atomic E-state index is 10.5. The SMILES string of the molecule is C=CCN(CCCCCCC)CCC(=O)O. The fourth-order valence-electron chi connectivity index (χ4n) is 1.67. The molecule has 0 saturated carbocycles. The van der Waals surface area contributed by atoms with Crippen molar-refractivity contribution in [1.82, 2.24) is 4.90 Å². The van der Waals surface area contributed by atoms with E-state index in [1.165, 1.54) is 25.7 Å². The Hall–Kier alpha value is -0.830. The van der Waals surface area contributed by atoms with Crippen molar-refractivity contribution in [3.8, 4) is 0 Å². The van der Waals surface area contributed by atoms with E-state index in [1.807, 2.05) is 6.08 Å². The number of unbranched alkanes of at least 4 members (excludes halogenated alkanes) is 4. The molecule has 0 radical (unpaired) electrons. The topological polar surface area (TPSA) is 40.5 Å². The molecule has 94 valence electrons. The van der Waals surface area contributed by atoms with E-state index in [-0.39, 0.29) is 6.42 Å². The monoisotopic (exact) mass is 227 g/mol. The van der Waals surface area contributed by atoms with Crippen LogP contribution in [0.3, 0.4) is 0 Å². The summed E-state index contributed by atoms with van der Waals surface area (Å²) in [5, 5.41) is 8.62. The zero-order valence-electron chi connectivity index (χ0n) is 10.5. The Morgan fingerprint density at radius 1 is 1.25 bits per heavy atom. The van der Waals surface area contributed by atoms with E-state index in [0.717, 1.165) is 19.5 Å². The molecule has 0 aliphatic carbocycles. The molecule has 0 aliphatic heterocycles. The second kappa shape index (κ2) is 10.7. The van der Waals surface area contributed by atoms with Gasteiger partial charge in [-0.2, -0.15) is 0 Å². The summed E-state index contributed by atoms with van der Waals surface area (Å²) in [4.78, 5) is 12.6. The van der Waals surface area contributed by atoms with Crippen molar-refractivity contribution in [2.24, 2.45) is 0 Å². The highest BCUT2D eigenvalue weighted by molar-refractivity contribution is 5.66. The second-order valence-corrected chi connectivity index (χ2v) is 4.15. The Labute approximate surface area is 99.1 Å². The van der Waals surface area contributed by atoms with Crippen LogP contribution in [0, 0.1) is 0 Å². The molecule has 0 rings (SSSR count). The molecule has 0 unspecified atom stereocenters. The van der Waals surface area contributed by atoms with Gasteiger partial charge in [0.1, 0.15) is 0 Å². The number of carboxylic acids is 1. The summed E-state index contributed by atoms with van der Waals surface area (Å²) < 4.78 is 0. The molecular formula is C13H25NO2.